The number of benzene rings is 2. The summed E-state index contributed by atoms with van der Waals surface area (Å²) >= 11 is 0. The Morgan fingerprint density at radius 3 is 2.18 bits per heavy atom. The lowest BCUT2D eigenvalue weighted by Gasteiger charge is -2.31. The van der Waals surface area contributed by atoms with Gasteiger partial charge in [-0.3, -0.25) is 4.79 Å². The van der Waals surface area contributed by atoms with E-state index in [0.717, 1.165) is 11.1 Å². The fraction of sp³-hybridized carbons (Fsp3) is 0.480. The number of aryl methyl sites for hydroxylation is 3. The van der Waals surface area contributed by atoms with Crippen molar-refractivity contribution in [1.82, 2.24) is 9.62 Å². The summed E-state index contributed by atoms with van der Waals surface area (Å²) in [5.74, 6) is 0.600. The van der Waals surface area contributed by atoms with E-state index < -0.39 is 10.0 Å². The molecule has 1 saturated heterocycles. The van der Waals surface area contributed by atoms with E-state index in [0.29, 0.717) is 37.4 Å². The van der Waals surface area contributed by atoms with Crippen molar-refractivity contribution in [2.45, 2.75) is 51.5 Å². The summed E-state index contributed by atoms with van der Waals surface area (Å²) in [6.45, 7) is 8.80. The van der Waals surface area contributed by atoms with Crippen LogP contribution in [0.15, 0.2) is 35.2 Å². The number of carbonyl (C=O) groups is 1. The Labute approximate surface area is 197 Å². The highest BCUT2D eigenvalue weighted by Crippen LogP contribution is 2.32. The third-order valence-corrected chi connectivity index (χ3v) is 8.42. The van der Waals surface area contributed by atoms with Crippen LogP contribution in [0.1, 0.15) is 48.1 Å². The number of hydrogen-bond acceptors (Lipinski definition) is 5. The van der Waals surface area contributed by atoms with Gasteiger partial charge in [0.15, 0.2) is 11.5 Å². The number of piperidine rings is 1. The van der Waals surface area contributed by atoms with E-state index in [-0.39, 0.29) is 22.8 Å². The molecule has 1 N–H and O–H groups in total. The van der Waals surface area contributed by atoms with Crippen LogP contribution in [0.5, 0.6) is 11.5 Å². The minimum atomic E-state index is -3.68. The monoisotopic (exact) mass is 474 g/mol. The first kappa shape index (κ1) is 25.1. The highest BCUT2D eigenvalue weighted by atomic mass is 32.2. The quantitative estimate of drug-likeness (QED) is 0.658. The zero-order chi connectivity index (χ0) is 24.3. The van der Waals surface area contributed by atoms with Crippen LogP contribution in [-0.2, 0) is 14.8 Å². The molecule has 0 unspecified atom stereocenters. The molecule has 0 spiro atoms. The van der Waals surface area contributed by atoms with Gasteiger partial charge in [0.05, 0.1) is 25.2 Å². The van der Waals surface area contributed by atoms with Crippen LogP contribution in [0.25, 0.3) is 0 Å². The third kappa shape index (κ3) is 5.33. The molecular formula is C25H34N2O5S. The van der Waals surface area contributed by atoms with E-state index in [1.165, 1.54) is 41.8 Å². The lowest BCUT2D eigenvalue weighted by Crippen LogP contribution is -2.43. The lowest BCUT2D eigenvalue weighted by molar-refractivity contribution is -0.126. The van der Waals surface area contributed by atoms with Gasteiger partial charge in [0, 0.05) is 25.1 Å². The Balaban J connectivity index is 1.64. The molecule has 0 aromatic heterocycles. The largest absolute Gasteiger partial charge is 0.493 e. The van der Waals surface area contributed by atoms with Crippen molar-refractivity contribution in [2.75, 3.05) is 27.3 Å². The summed E-state index contributed by atoms with van der Waals surface area (Å²) in [6, 6.07) is 8.75. The second kappa shape index (κ2) is 10.1. The molecule has 0 bridgehead atoms. The maximum absolute atomic E-state index is 13.1. The van der Waals surface area contributed by atoms with Gasteiger partial charge in [-0.05, 0) is 74.9 Å². The minimum absolute atomic E-state index is 0.0247. The molecule has 1 aliphatic heterocycles. The molecule has 1 heterocycles. The van der Waals surface area contributed by atoms with Gasteiger partial charge in [-0.1, -0.05) is 12.1 Å². The number of methoxy groups -OCH3 is 2. The highest BCUT2D eigenvalue weighted by Gasteiger charge is 2.33. The molecule has 7 nitrogen and oxygen atoms in total. The van der Waals surface area contributed by atoms with Crippen molar-refractivity contribution in [3.63, 3.8) is 0 Å². The van der Waals surface area contributed by atoms with Crippen molar-refractivity contribution < 1.29 is 22.7 Å². The van der Waals surface area contributed by atoms with E-state index in [1.54, 1.807) is 6.07 Å². The normalized spacial score (nSPS) is 16.3. The average Bonchev–Trinajstić information content (AvgIpc) is 2.80. The number of ether oxygens (including phenoxy) is 2. The van der Waals surface area contributed by atoms with Crippen LogP contribution in [0, 0.1) is 26.7 Å². The van der Waals surface area contributed by atoms with Gasteiger partial charge in [0.2, 0.25) is 15.9 Å². The smallest absolute Gasteiger partial charge is 0.243 e. The number of amides is 1. The van der Waals surface area contributed by atoms with E-state index in [4.69, 9.17) is 9.47 Å². The van der Waals surface area contributed by atoms with Gasteiger partial charge >= 0.3 is 0 Å². The van der Waals surface area contributed by atoms with E-state index >= 15 is 0 Å². The molecule has 33 heavy (non-hydrogen) atoms. The SMILES string of the molecule is COc1ccc(S(=O)(=O)N2CCC(C(=O)N[C@@H](C)c3cc(C)c(C)cc3C)CC2)cc1OC. The average molecular weight is 475 g/mol. The highest BCUT2D eigenvalue weighted by molar-refractivity contribution is 7.89. The zero-order valence-corrected chi connectivity index (χ0v) is 21.1. The van der Waals surface area contributed by atoms with Crippen LogP contribution >= 0.6 is 0 Å². The number of rotatable bonds is 7. The first-order valence-electron chi connectivity index (χ1n) is 11.2. The van der Waals surface area contributed by atoms with Crippen LogP contribution in [-0.4, -0.2) is 45.9 Å². The molecule has 1 amide bonds. The molecule has 2 aromatic carbocycles. The molecule has 1 atom stereocenters. The maximum Gasteiger partial charge on any atom is 0.243 e. The molecular weight excluding hydrogens is 440 g/mol. The van der Waals surface area contributed by atoms with Crippen LogP contribution in [0.3, 0.4) is 0 Å². The van der Waals surface area contributed by atoms with Gasteiger partial charge in [0.1, 0.15) is 0 Å². The van der Waals surface area contributed by atoms with Crippen molar-refractivity contribution in [3.8, 4) is 11.5 Å². The van der Waals surface area contributed by atoms with Crippen LogP contribution in [0.2, 0.25) is 0 Å². The van der Waals surface area contributed by atoms with Crippen molar-refractivity contribution in [2.24, 2.45) is 5.92 Å². The molecule has 0 saturated carbocycles. The Morgan fingerprint density at radius 1 is 0.970 bits per heavy atom. The van der Waals surface area contributed by atoms with Gasteiger partial charge < -0.3 is 14.8 Å². The Hall–Kier alpha value is -2.58. The second-order valence-electron chi connectivity index (χ2n) is 8.72. The molecule has 0 radical (unpaired) electrons. The summed E-state index contributed by atoms with van der Waals surface area (Å²) in [7, 11) is -0.708. The fourth-order valence-corrected chi connectivity index (χ4v) is 5.83. The summed E-state index contributed by atoms with van der Waals surface area (Å²) in [6.07, 6.45) is 0.966. The van der Waals surface area contributed by atoms with Gasteiger partial charge in [-0.25, -0.2) is 8.42 Å². The summed E-state index contributed by atoms with van der Waals surface area (Å²) in [5.41, 5.74) is 4.70. The second-order valence-corrected chi connectivity index (χ2v) is 10.7. The van der Waals surface area contributed by atoms with E-state index in [9.17, 15) is 13.2 Å². The molecule has 3 rings (SSSR count). The number of nitrogens with one attached hydrogen (secondary N) is 1. The summed E-state index contributed by atoms with van der Waals surface area (Å²) in [5, 5.41) is 3.13. The lowest BCUT2D eigenvalue weighted by atomic mass is 9.94. The van der Waals surface area contributed by atoms with Crippen molar-refractivity contribution >= 4 is 15.9 Å². The minimum Gasteiger partial charge on any atom is -0.493 e. The van der Waals surface area contributed by atoms with Gasteiger partial charge in [0.25, 0.3) is 0 Å². The molecule has 180 valence electrons. The first-order chi connectivity index (χ1) is 15.6. The zero-order valence-electron chi connectivity index (χ0n) is 20.3. The third-order valence-electron chi connectivity index (χ3n) is 6.53. The Kier molecular flexibility index (Phi) is 7.69. The van der Waals surface area contributed by atoms with Gasteiger partial charge in [-0.15, -0.1) is 0 Å². The standard InChI is InChI=1S/C25H34N2O5S/c1-16-13-18(3)22(14-17(16)2)19(4)26-25(28)20-9-11-27(12-10-20)33(29,30)21-7-8-23(31-5)24(15-21)32-6/h7-8,13-15,19-20H,9-12H2,1-6H3,(H,26,28)/t19-/m0/s1. The molecule has 1 aliphatic rings. The summed E-state index contributed by atoms with van der Waals surface area (Å²) in [4.78, 5) is 13.1. The Morgan fingerprint density at radius 2 is 1.58 bits per heavy atom. The van der Waals surface area contributed by atoms with E-state index in [1.807, 2.05) is 6.92 Å². The van der Waals surface area contributed by atoms with Crippen molar-refractivity contribution in [3.05, 3.63) is 52.6 Å². The maximum atomic E-state index is 13.1. The Bertz CT molecular complexity index is 1120. The van der Waals surface area contributed by atoms with Crippen LogP contribution in [0.4, 0.5) is 0 Å². The number of sulfonamides is 1. The summed E-state index contributed by atoms with van der Waals surface area (Å²) < 4.78 is 38.1. The topological polar surface area (TPSA) is 84.9 Å². The predicted octanol–water partition coefficient (Wildman–Crippen LogP) is 3.91. The van der Waals surface area contributed by atoms with Crippen molar-refractivity contribution in [1.29, 1.82) is 0 Å². The van der Waals surface area contributed by atoms with E-state index in [2.05, 4.69) is 38.2 Å². The number of hydrogen-bond donors (Lipinski definition) is 1. The molecule has 8 heteroatoms. The predicted molar refractivity (Wildman–Crippen MR) is 128 cm³/mol. The molecule has 1 fully saturated rings. The van der Waals surface area contributed by atoms with Gasteiger partial charge in [-0.2, -0.15) is 4.31 Å². The van der Waals surface area contributed by atoms with Crippen LogP contribution < -0.4 is 14.8 Å². The molecule has 0 aliphatic carbocycles. The fourth-order valence-electron chi connectivity index (χ4n) is 4.34. The molecule has 2 aromatic rings. The number of carbonyl (C=O) groups excluding carboxylic acids is 1. The number of nitrogens with zero attached hydrogens (tertiary/aromatic N) is 1. The first-order valence-corrected chi connectivity index (χ1v) is 12.6.